The maximum absolute atomic E-state index is 2.45. The molecule has 2 aliphatic rings. The Balaban J connectivity index is 0.720. The Morgan fingerprint density at radius 2 is 0.400 bits per heavy atom. The second kappa shape index (κ2) is 23.5. The summed E-state index contributed by atoms with van der Waals surface area (Å²) >= 11 is 0. The SMILES string of the molecule is c1ccc(-c2ccc(N3c4ccc(-c5ccccc5)cc4Cc4cc(N(c5ccccc5)c5ccc(-c6ccc(N(c7ccccc7)c7ccc8c(c7)Cc7cc(-c9ccccc9)ccc7N8c7ccc(-c8ccccc8)cc7)cc6)cc5)ccc43)cc2)cc1. The van der Waals surface area contributed by atoms with Crippen LogP contribution in [0.2, 0.25) is 0 Å². The van der Waals surface area contributed by atoms with Gasteiger partial charge in [0, 0.05) is 81.1 Å². The molecule has 0 amide bonds. The molecule has 0 aromatic heterocycles. The second-order valence-corrected chi connectivity index (χ2v) is 23.3. The zero-order valence-electron chi connectivity index (χ0n) is 49.7. The van der Waals surface area contributed by atoms with Gasteiger partial charge >= 0.3 is 0 Å². The Morgan fingerprint density at radius 3 is 0.722 bits per heavy atom. The Labute approximate surface area is 527 Å². The number of hydrogen-bond donors (Lipinski definition) is 0. The highest BCUT2D eigenvalue weighted by Gasteiger charge is 2.29. The molecule has 0 saturated heterocycles. The molecule has 0 atom stereocenters. The molecular weight excluding hydrogens is 1090 g/mol. The lowest BCUT2D eigenvalue weighted by Crippen LogP contribution is -2.19. The first-order chi connectivity index (χ1) is 44.6. The Morgan fingerprint density at radius 1 is 0.178 bits per heavy atom. The van der Waals surface area contributed by atoms with E-state index in [4.69, 9.17) is 0 Å². The highest BCUT2D eigenvalue weighted by molar-refractivity contribution is 5.91. The van der Waals surface area contributed by atoms with Gasteiger partial charge in [0.05, 0.1) is 0 Å². The molecule has 90 heavy (non-hydrogen) atoms. The Hall–Kier alpha value is -11.7. The molecule has 0 aliphatic carbocycles. The van der Waals surface area contributed by atoms with Crippen molar-refractivity contribution in [2.24, 2.45) is 0 Å². The van der Waals surface area contributed by atoms with E-state index in [1.165, 1.54) is 89.5 Å². The van der Waals surface area contributed by atoms with Crippen LogP contribution in [-0.4, -0.2) is 0 Å². The average molecular weight is 1150 g/mol. The van der Waals surface area contributed by atoms with Crippen molar-refractivity contribution in [2.45, 2.75) is 12.8 Å². The standard InChI is InChI=1S/C86H62N4/c1-7-19-61(20-8-1)65-35-45-79(46-36-65)89-83-51-39-69(63-23-11-3-12-24-63)55-71(83)57-73-59-81(49-53-85(73)89)87(75-27-15-5-16-28-75)77-41-31-67(32-42-77)68-33-43-78(44-34-68)88(76-29-17-6-18-30-76)82-50-54-86-74(60-82)58-72-56-70(64-25-13-4-14-26-64)40-52-84(72)90(86)80-47-37-66(38-48-80)62-21-9-2-10-22-62/h1-56,59-60H,57-58H2. The van der Waals surface area contributed by atoms with Gasteiger partial charge in [-0.05, 0) is 211 Å². The number of benzene rings is 14. The van der Waals surface area contributed by atoms with E-state index < -0.39 is 0 Å². The van der Waals surface area contributed by atoms with Crippen LogP contribution in [-0.2, 0) is 12.8 Å². The summed E-state index contributed by atoms with van der Waals surface area (Å²) in [6.45, 7) is 0. The third-order valence-corrected chi connectivity index (χ3v) is 17.8. The van der Waals surface area contributed by atoms with Gasteiger partial charge in [-0.2, -0.15) is 0 Å². The summed E-state index contributed by atoms with van der Waals surface area (Å²) in [5, 5.41) is 0. The fourth-order valence-corrected chi connectivity index (χ4v) is 13.4. The summed E-state index contributed by atoms with van der Waals surface area (Å²) in [5.74, 6) is 0. The zero-order chi connectivity index (χ0) is 59.7. The van der Waals surface area contributed by atoms with Crippen LogP contribution >= 0.6 is 0 Å². The molecule has 0 unspecified atom stereocenters. The van der Waals surface area contributed by atoms with Crippen molar-refractivity contribution >= 4 is 68.2 Å². The molecule has 14 aromatic carbocycles. The first-order valence-corrected chi connectivity index (χ1v) is 31.0. The first-order valence-electron chi connectivity index (χ1n) is 31.0. The minimum absolute atomic E-state index is 0.803. The molecule has 2 heterocycles. The number of nitrogens with zero attached hydrogens (tertiary/aromatic N) is 4. The molecule has 16 rings (SSSR count). The molecule has 0 bridgehead atoms. The van der Waals surface area contributed by atoms with E-state index in [0.717, 1.165) is 69.5 Å². The number of rotatable bonds is 13. The van der Waals surface area contributed by atoms with Gasteiger partial charge in [-0.25, -0.2) is 0 Å². The molecule has 2 aliphatic heterocycles. The second-order valence-electron chi connectivity index (χ2n) is 23.3. The molecule has 14 aromatic rings. The van der Waals surface area contributed by atoms with Gasteiger partial charge < -0.3 is 19.6 Å². The van der Waals surface area contributed by atoms with Gasteiger partial charge in [0.25, 0.3) is 0 Å². The van der Waals surface area contributed by atoms with Crippen molar-refractivity contribution in [2.75, 3.05) is 19.6 Å². The van der Waals surface area contributed by atoms with Gasteiger partial charge in [-0.3, -0.25) is 0 Å². The topological polar surface area (TPSA) is 13.0 Å². The maximum atomic E-state index is 2.45. The lowest BCUT2D eigenvalue weighted by molar-refractivity contribution is 1.08. The fourth-order valence-electron chi connectivity index (χ4n) is 13.4. The van der Waals surface area contributed by atoms with Crippen LogP contribution in [0.15, 0.2) is 352 Å². The van der Waals surface area contributed by atoms with Crippen molar-refractivity contribution < 1.29 is 0 Å². The first kappa shape index (κ1) is 53.7. The summed E-state index contributed by atoms with van der Waals surface area (Å²) < 4.78 is 0. The molecule has 0 N–H and O–H groups in total. The van der Waals surface area contributed by atoms with Crippen LogP contribution < -0.4 is 19.6 Å². The van der Waals surface area contributed by atoms with Crippen molar-refractivity contribution in [1.29, 1.82) is 0 Å². The number of anilines is 12. The van der Waals surface area contributed by atoms with Gasteiger partial charge in [-0.15, -0.1) is 0 Å². The third kappa shape index (κ3) is 10.4. The van der Waals surface area contributed by atoms with Crippen LogP contribution in [0.3, 0.4) is 0 Å². The normalized spacial score (nSPS) is 12.1. The predicted molar refractivity (Wildman–Crippen MR) is 378 cm³/mol. The van der Waals surface area contributed by atoms with E-state index >= 15 is 0 Å². The number of para-hydroxylation sites is 2. The summed E-state index contributed by atoms with van der Waals surface area (Å²) in [6.07, 6.45) is 1.61. The maximum Gasteiger partial charge on any atom is 0.0498 e. The van der Waals surface area contributed by atoms with Crippen LogP contribution in [0.5, 0.6) is 0 Å². The lowest BCUT2D eigenvalue weighted by atomic mass is 9.91. The minimum atomic E-state index is 0.803. The lowest BCUT2D eigenvalue weighted by Gasteiger charge is -2.35. The van der Waals surface area contributed by atoms with Crippen molar-refractivity contribution in [3.8, 4) is 55.6 Å². The van der Waals surface area contributed by atoms with Crippen LogP contribution in [0, 0.1) is 0 Å². The highest BCUT2D eigenvalue weighted by atomic mass is 15.2. The average Bonchev–Trinajstić information content (AvgIpc) is 1.35. The minimum Gasteiger partial charge on any atom is -0.310 e. The summed E-state index contributed by atoms with van der Waals surface area (Å²) in [5.41, 5.74) is 30.7. The van der Waals surface area contributed by atoms with Crippen molar-refractivity contribution in [1.82, 2.24) is 0 Å². The van der Waals surface area contributed by atoms with E-state index in [1.54, 1.807) is 0 Å². The predicted octanol–water partition coefficient (Wildman–Crippen LogP) is 23.7. The van der Waals surface area contributed by atoms with Gasteiger partial charge in [0.15, 0.2) is 0 Å². The molecule has 0 fully saturated rings. The van der Waals surface area contributed by atoms with E-state index in [2.05, 4.69) is 371 Å². The highest BCUT2D eigenvalue weighted by Crippen LogP contribution is 2.50. The van der Waals surface area contributed by atoms with E-state index in [9.17, 15) is 0 Å². The summed E-state index contributed by atoms with van der Waals surface area (Å²) in [6, 6.07) is 128. The molecule has 4 heteroatoms. The zero-order valence-corrected chi connectivity index (χ0v) is 49.7. The van der Waals surface area contributed by atoms with Crippen LogP contribution in [0.25, 0.3) is 55.6 Å². The Kier molecular flexibility index (Phi) is 14.0. The molecule has 0 radical (unpaired) electrons. The molecular formula is C86H62N4. The van der Waals surface area contributed by atoms with Crippen LogP contribution in [0.1, 0.15) is 22.3 Å². The monoisotopic (exact) mass is 1150 g/mol. The van der Waals surface area contributed by atoms with Crippen molar-refractivity contribution in [3.05, 3.63) is 374 Å². The molecule has 0 saturated carbocycles. The quantitative estimate of drug-likeness (QED) is 0.114. The van der Waals surface area contributed by atoms with Gasteiger partial charge in [0.1, 0.15) is 0 Å². The fraction of sp³-hybridized carbons (Fsp3) is 0.0233. The molecule has 426 valence electrons. The molecule has 0 spiro atoms. The number of fused-ring (bicyclic) bond motifs is 4. The molecule has 4 nitrogen and oxygen atoms in total. The smallest absolute Gasteiger partial charge is 0.0498 e. The van der Waals surface area contributed by atoms with E-state index in [-0.39, 0.29) is 0 Å². The number of hydrogen-bond acceptors (Lipinski definition) is 4. The van der Waals surface area contributed by atoms with E-state index in [1.807, 2.05) is 0 Å². The van der Waals surface area contributed by atoms with Gasteiger partial charge in [0.2, 0.25) is 0 Å². The largest absolute Gasteiger partial charge is 0.310 e. The Bertz CT molecular complexity index is 4510. The third-order valence-electron chi connectivity index (χ3n) is 17.8. The van der Waals surface area contributed by atoms with Crippen molar-refractivity contribution in [3.63, 3.8) is 0 Å². The summed E-state index contributed by atoms with van der Waals surface area (Å²) in [7, 11) is 0. The van der Waals surface area contributed by atoms with E-state index in [0.29, 0.717) is 0 Å². The van der Waals surface area contributed by atoms with Gasteiger partial charge in [-0.1, -0.05) is 218 Å². The summed E-state index contributed by atoms with van der Waals surface area (Å²) in [4.78, 5) is 9.67. The van der Waals surface area contributed by atoms with Crippen LogP contribution in [0.4, 0.5) is 68.2 Å².